The minimum Gasteiger partial charge on any atom is -0.356 e. The van der Waals surface area contributed by atoms with Crippen LogP contribution in [0.1, 0.15) is 0 Å². The molecule has 0 aliphatic rings. The highest BCUT2D eigenvalue weighted by Gasteiger charge is 2.16. The molecule has 0 aromatic heterocycles. The van der Waals surface area contributed by atoms with Crippen molar-refractivity contribution in [3.8, 4) is 11.1 Å². The van der Waals surface area contributed by atoms with E-state index in [0.717, 1.165) is 45.4 Å². The molecule has 0 heterocycles. The molecule has 0 amide bonds. The predicted octanol–water partition coefficient (Wildman–Crippen LogP) is 12.6. The van der Waals surface area contributed by atoms with E-state index in [-0.39, 0.29) is 0 Å². The molecule has 0 saturated carbocycles. The highest BCUT2D eigenvalue weighted by Crippen LogP contribution is 2.41. The van der Waals surface area contributed by atoms with Crippen molar-refractivity contribution < 1.29 is 0 Å². The highest BCUT2D eigenvalue weighted by molar-refractivity contribution is 6.01. The van der Waals surface area contributed by atoms with Crippen LogP contribution in [-0.4, -0.2) is 0 Å². The van der Waals surface area contributed by atoms with Gasteiger partial charge in [0.05, 0.1) is 5.69 Å². The van der Waals surface area contributed by atoms with Crippen LogP contribution in [0.5, 0.6) is 0 Å². The maximum Gasteiger partial charge on any atom is 0.0540 e. The Kier molecular flexibility index (Phi) is 7.54. The largest absolute Gasteiger partial charge is 0.356 e. The Labute approximate surface area is 275 Å². The van der Waals surface area contributed by atoms with Crippen LogP contribution in [-0.2, 0) is 0 Å². The third-order valence-electron chi connectivity index (χ3n) is 8.59. The van der Waals surface area contributed by atoms with E-state index in [1.165, 1.54) is 27.1 Å². The summed E-state index contributed by atoms with van der Waals surface area (Å²) in [4.78, 5) is 2.33. The molecule has 2 N–H and O–H groups in total. The maximum absolute atomic E-state index is 3.76. The van der Waals surface area contributed by atoms with Crippen molar-refractivity contribution in [2.24, 2.45) is 0 Å². The number of hydrogen-bond donors (Lipinski definition) is 2. The molecule has 0 spiro atoms. The number of anilines is 7. The van der Waals surface area contributed by atoms with Crippen LogP contribution in [0.3, 0.4) is 0 Å². The molecule has 0 aliphatic carbocycles. The van der Waals surface area contributed by atoms with Crippen LogP contribution in [0, 0.1) is 0 Å². The molecule has 8 aromatic rings. The fourth-order valence-corrected chi connectivity index (χ4v) is 6.36. The SMILES string of the molecule is c1ccc(Nc2ccc(Nc3ccc(N(c4ccccc4)c4cccc5ccccc45)cc3)c(-c3cccc4ccccc34)c2)cc1. The van der Waals surface area contributed by atoms with Crippen molar-refractivity contribution in [3.63, 3.8) is 0 Å². The molecule has 0 aliphatic heterocycles. The molecule has 0 saturated heterocycles. The summed E-state index contributed by atoms with van der Waals surface area (Å²) in [7, 11) is 0. The minimum atomic E-state index is 1.02. The third kappa shape index (κ3) is 5.79. The Hall–Kier alpha value is -6.32. The number of benzene rings is 8. The lowest BCUT2D eigenvalue weighted by atomic mass is 9.96. The first kappa shape index (κ1) is 28.2. The molecule has 3 heteroatoms. The molecule has 0 bridgehead atoms. The Morgan fingerprint density at radius 1 is 0.340 bits per heavy atom. The predicted molar refractivity (Wildman–Crippen MR) is 201 cm³/mol. The summed E-state index contributed by atoms with van der Waals surface area (Å²) in [5.74, 6) is 0. The lowest BCUT2D eigenvalue weighted by Gasteiger charge is -2.27. The summed E-state index contributed by atoms with van der Waals surface area (Å²) in [5, 5.41) is 12.2. The van der Waals surface area contributed by atoms with Crippen LogP contribution in [0.2, 0.25) is 0 Å². The first-order valence-corrected chi connectivity index (χ1v) is 15.9. The number of fused-ring (bicyclic) bond motifs is 2. The van der Waals surface area contributed by atoms with E-state index in [4.69, 9.17) is 0 Å². The smallest absolute Gasteiger partial charge is 0.0540 e. The van der Waals surface area contributed by atoms with Gasteiger partial charge < -0.3 is 15.5 Å². The summed E-state index contributed by atoms with van der Waals surface area (Å²) in [6.07, 6.45) is 0. The van der Waals surface area contributed by atoms with Gasteiger partial charge in [-0.3, -0.25) is 0 Å². The zero-order valence-corrected chi connectivity index (χ0v) is 25.8. The third-order valence-corrected chi connectivity index (χ3v) is 8.59. The van der Waals surface area contributed by atoms with Gasteiger partial charge in [-0.25, -0.2) is 0 Å². The quantitative estimate of drug-likeness (QED) is 0.181. The van der Waals surface area contributed by atoms with Gasteiger partial charge in [-0.05, 0) is 94.5 Å². The number of hydrogen-bond acceptors (Lipinski definition) is 3. The number of para-hydroxylation sites is 2. The van der Waals surface area contributed by atoms with Gasteiger partial charge in [-0.15, -0.1) is 0 Å². The molecule has 3 nitrogen and oxygen atoms in total. The summed E-state index contributed by atoms with van der Waals surface area (Å²) in [5.41, 5.74) is 9.83. The molecular formula is C44H33N3. The fourth-order valence-electron chi connectivity index (χ4n) is 6.36. The lowest BCUT2D eigenvalue weighted by Crippen LogP contribution is -2.10. The average Bonchev–Trinajstić information content (AvgIpc) is 3.14. The van der Waals surface area contributed by atoms with E-state index >= 15 is 0 Å². The number of rotatable bonds is 8. The monoisotopic (exact) mass is 603 g/mol. The van der Waals surface area contributed by atoms with Crippen molar-refractivity contribution in [3.05, 3.63) is 188 Å². The fraction of sp³-hybridized carbons (Fsp3) is 0. The van der Waals surface area contributed by atoms with Gasteiger partial charge in [-0.2, -0.15) is 0 Å². The van der Waals surface area contributed by atoms with E-state index in [9.17, 15) is 0 Å². The first-order valence-electron chi connectivity index (χ1n) is 15.9. The van der Waals surface area contributed by atoms with Crippen molar-refractivity contribution in [1.82, 2.24) is 0 Å². The second kappa shape index (κ2) is 12.6. The first-order chi connectivity index (χ1) is 23.3. The van der Waals surface area contributed by atoms with Crippen LogP contribution in [0.25, 0.3) is 32.7 Å². The molecule has 0 unspecified atom stereocenters. The van der Waals surface area contributed by atoms with Gasteiger partial charge >= 0.3 is 0 Å². The molecular weight excluding hydrogens is 571 g/mol. The second-order valence-corrected chi connectivity index (χ2v) is 11.6. The number of nitrogens with one attached hydrogen (secondary N) is 2. The standard InChI is InChI=1S/C44H33N3/c1-3-17-34(18-4-1)45-36-27-30-43(42(31-36)41-23-11-15-32-13-7-9-21-39(32)41)46-35-25-28-38(29-26-35)47(37-19-5-2-6-20-37)44-24-12-16-33-14-8-10-22-40(33)44/h1-31,45-46H. The summed E-state index contributed by atoms with van der Waals surface area (Å²) < 4.78 is 0. The van der Waals surface area contributed by atoms with E-state index in [2.05, 4.69) is 185 Å². The molecule has 47 heavy (non-hydrogen) atoms. The topological polar surface area (TPSA) is 27.3 Å². The Morgan fingerprint density at radius 2 is 0.894 bits per heavy atom. The Bertz CT molecular complexity index is 2280. The van der Waals surface area contributed by atoms with Crippen molar-refractivity contribution in [1.29, 1.82) is 0 Å². The van der Waals surface area contributed by atoms with E-state index in [0.29, 0.717) is 0 Å². The maximum atomic E-state index is 3.76. The normalized spacial score (nSPS) is 11.0. The highest BCUT2D eigenvalue weighted by atomic mass is 15.1. The van der Waals surface area contributed by atoms with Gasteiger partial charge in [0.1, 0.15) is 0 Å². The Balaban J connectivity index is 1.18. The van der Waals surface area contributed by atoms with Gasteiger partial charge in [-0.1, -0.05) is 115 Å². The summed E-state index contributed by atoms with van der Waals surface area (Å²) >= 11 is 0. The van der Waals surface area contributed by atoms with Crippen LogP contribution >= 0.6 is 0 Å². The van der Waals surface area contributed by atoms with Gasteiger partial charge in [0.15, 0.2) is 0 Å². The molecule has 8 aromatic carbocycles. The summed E-state index contributed by atoms with van der Waals surface area (Å²) in [6.45, 7) is 0. The molecule has 8 rings (SSSR count). The van der Waals surface area contributed by atoms with Crippen LogP contribution < -0.4 is 15.5 Å². The van der Waals surface area contributed by atoms with Crippen LogP contribution in [0.15, 0.2) is 188 Å². The van der Waals surface area contributed by atoms with Gasteiger partial charge in [0.2, 0.25) is 0 Å². The lowest BCUT2D eigenvalue weighted by molar-refractivity contribution is 1.30. The average molecular weight is 604 g/mol. The number of nitrogens with zero attached hydrogens (tertiary/aromatic N) is 1. The van der Waals surface area contributed by atoms with Gasteiger partial charge in [0.25, 0.3) is 0 Å². The molecule has 224 valence electrons. The van der Waals surface area contributed by atoms with E-state index in [1.54, 1.807) is 0 Å². The van der Waals surface area contributed by atoms with E-state index in [1.807, 2.05) is 18.2 Å². The second-order valence-electron chi connectivity index (χ2n) is 11.6. The summed E-state index contributed by atoms with van der Waals surface area (Å²) in [6, 6.07) is 66.3. The van der Waals surface area contributed by atoms with Crippen molar-refractivity contribution >= 4 is 61.4 Å². The molecule has 0 fully saturated rings. The van der Waals surface area contributed by atoms with E-state index < -0.39 is 0 Å². The van der Waals surface area contributed by atoms with Crippen molar-refractivity contribution in [2.75, 3.05) is 15.5 Å². The zero-order chi connectivity index (χ0) is 31.4. The van der Waals surface area contributed by atoms with Crippen molar-refractivity contribution in [2.45, 2.75) is 0 Å². The van der Waals surface area contributed by atoms with Gasteiger partial charge in [0, 0.05) is 45.1 Å². The minimum absolute atomic E-state index is 1.02. The Morgan fingerprint density at radius 3 is 1.66 bits per heavy atom. The molecule has 0 atom stereocenters. The molecule has 0 radical (unpaired) electrons. The zero-order valence-electron chi connectivity index (χ0n) is 25.8. The van der Waals surface area contributed by atoms with Crippen LogP contribution in [0.4, 0.5) is 39.8 Å².